The summed E-state index contributed by atoms with van der Waals surface area (Å²) in [5.41, 5.74) is 1.33. The van der Waals surface area contributed by atoms with Crippen molar-refractivity contribution in [3.8, 4) is 17.2 Å². The monoisotopic (exact) mass is 343 g/mol. The predicted molar refractivity (Wildman–Crippen MR) is 102 cm³/mol. The van der Waals surface area contributed by atoms with E-state index in [0.717, 1.165) is 36.6 Å². The molecule has 0 amide bonds. The molecule has 4 nitrogen and oxygen atoms in total. The maximum atomic E-state index is 5.78. The van der Waals surface area contributed by atoms with Gasteiger partial charge in [-0.1, -0.05) is 12.1 Å². The molecule has 0 N–H and O–H groups in total. The Labute approximate surface area is 151 Å². The molecule has 0 fully saturated rings. The Hall–Kier alpha value is -2.20. The first kappa shape index (κ1) is 19.1. The molecule has 0 heterocycles. The minimum atomic E-state index is 0.481. The van der Waals surface area contributed by atoms with E-state index in [1.807, 2.05) is 36.4 Å². The third-order valence-electron chi connectivity index (χ3n) is 4.43. The molecule has 0 radical (unpaired) electrons. The van der Waals surface area contributed by atoms with Crippen LogP contribution in [0.5, 0.6) is 17.2 Å². The molecule has 2 rings (SSSR count). The third-order valence-corrected chi connectivity index (χ3v) is 4.43. The molecule has 0 aliphatic carbocycles. The minimum Gasteiger partial charge on any atom is -0.497 e. The van der Waals surface area contributed by atoms with E-state index >= 15 is 0 Å². The lowest BCUT2D eigenvalue weighted by Gasteiger charge is -2.24. The highest BCUT2D eigenvalue weighted by molar-refractivity contribution is 5.31. The topological polar surface area (TPSA) is 30.9 Å². The maximum Gasteiger partial charge on any atom is 0.119 e. The van der Waals surface area contributed by atoms with Gasteiger partial charge in [0, 0.05) is 12.6 Å². The third kappa shape index (κ3) is 6.31. The fraction of sp³-hybridized carbons (Fsp3) is 0.429. The van der Waals surface area contributed by atoms with E-state index in [1.165, 1.54) is 5.56 Å². The second kappa shape index (κ2) is 9.94. The van der Waals surface area contributed by atoms with Crippen LogP contribution in [0.2, 0.25) is 0 Å². The van der Waals surface area contributed by atoms with Crippen molar-refractivity contribution >= 4 is 0 Å². The van der Waals surface area contributed by atoms with Crippen LogP contribution in [0.25, 0.3) is 0 Å². The summed E-state index contributed by atoms with van der Waals surface area (Å²) in [7, 11) is 5.53. The fourth-order valence-electron chi connectivity index (χ4n) is 2.65. The first-order chi connectivity index (χ1) is 12.1. The van der Waals surface area contributed by atoms with Crippen LogP contribution in [0, 0.1) is 0 Å². The summed E-state index contributed by atoms with van der Waals surface area (Å²) in [6.07, 6.45) is 2.02. The molecule has 2 aromatic carbocycles. The molecule has 0 aromatic heterocycles. The Morgan fingerprint density at radius 2 is 1.36 bits per heavy atom. The van der Waals surface area contributed by atoms with Crippen LogP contribution in [0.15, 0.2) is 48.5 Å². The molecule has 0 aliphatic heterocycles. The highest BCUT2D eigenvalue weighted by atomic mass is 16.5. The number of methoxy groups -OCH3 is 2. The van der Waals surface area contributed by atoms with Crippen molar-refractivity contribution in [2.75, 3.05) is 34.4 Å². The van der Waals surface area contributed by atoms with E-state index in [1.54, 1.807) is 14.2 Å². The average molecular weight is 343 g/mol. The molecule has 4 heteroatoms. The average Bonchev–Trinajstić information content (AvgIpc) is 2.66. The molecule has 25 heavy (non-hydrogen) atoms. The number of nitrogens with zero attached hydrogens (tertiary/aromatic N) is 1. The first-order valence-corrected chi connectivity index (χ1v) is 8.72. The number of hydrogen-bond acceptors (Lipinski definition) is 4. The second-order valence-corrected chi connectivity index (χ2v) is 6.26. The SMILES string of the molecule is COc1ccc(CC(C)N(C)CCCOc2ccc(OC)cc2)cc1. The number of hydrogen-bond donors (Lipinski definition) is 0. The summed E-state index contributed by atoms with van der Waals surface area (Å²) >= 11 is 0. The van der Waals surface area contributed by atoms with Gasteiger partial charge in [-0.15, -0.1) is 0 Å². The van der Waals surface area contributed by atoms with Gasteiger partial charge in [0.2, 0.25) is 0 Å². The van der Waals surface area contributed by atoms with Crippen LogP contribution in [0.3, 0.4) is 0 Å². The van der Waals surface area contributed by atoms with Crippen molar-refractivity contribution in [2.24, 2.45) is 0 Å². The van der Waals surface area contributed by atoms with Gasteiger partial charge >= 0.3 is 0 Å². The summed E-state index contributed by atoms with van der Waals surface area (Å²) < 4.78 is 16.1. The van der Waals surface area contributed by atoms with Gasteiger partial charge in [-0.3, -0.25) is 0 Å². The van der Waals surface area contributed by atoms with Gasteiger partial charge in [0.25, 0.3) is 0 Å². The van der Waals surface area contributed by atoms with E-state index in [9.17, 15) is 0 Å². The van der Waals surface area contributed by atoms with Crippen LogP contribution in [-0.4, -0.2) is 45.4 Å². The number of likely N-dealkylation sites (N-methyl/N-ethyl adjacent to an activating group) is 1. The van der Waals surface area contributed by atoms with Crippen LogP contribution >= 0.6 is 0 Å². The zero-order chi connectivity index (χ0) is 18.1. The molecule has 0 bridgehead atoms. The van der Waals surface area contributed by atoms with E-state index in [-0.39, 0.29) is 0 Å². The smallest absolute Gasteiger partial charge is 0.119 e. The Kier molecular flexibility index (Phi) is 7.61. The molecule has 0 saturated carbocycles. The van der Waals surface area contributed by atoms with E-state index < -0.39 is 0 Å². The molecule has 0 aliphatic rings. The lowest BCUT2D eigenvalue weighted by atomic mass is 10.1. The summed E-state index contributed by atoms with van der Waals surface area (Å²) in [6, 6.07) is 16.5. The molecule has 2 aromatic rings. The lowest BCUT2D eigenvalue weighted by Crippen LogP contribution is -2.32. The molecule has 136 valence electrons. The van der Waals surface area contributed by atoms with Gasteiger partial charge in [0.05, 0.1) is 20.8 Å². The fourth-order valence-corrected chi connectivity index (χ4v) is 2.65. The molecular formula is C21H29NO3. The zero-order valence-electron chi connectivity index (χ0n) is 15.7. The zero-order valence-corrected chi connectivity index (χ0v) is 15.7. The molecule has 0 spiro atoms. The van der Waals surface area contributed by atoms with Gasteiger partial charge in [-0.05, 0) is 68.8 Å². The molecular weight excluding hydrogens is 314 g/mol. The van der Waals surface area contributed by atoms with Gasteiger partial charge in [0.1, 0.15) is 17.2 Å². The Balaban J connectivity index is 1.68. The lowest BCUT2D eigenvalue weighted by molar-refractivity contribution is 0.223. The van der Waals surface area contributed by atoms with Crippen molar-refractivity contribution in [1.82, 2.24) is 4.90 Å². The Bertz CT molecular complexity index is 610. The normalized spacial score (nSPS) is 12.0. The van der Waals surface area contributed by atoms with E-state index in [0.29, 0.717) is 12.6 Å². The quantitative estimate of drug-likeness (QED) is 0.609. The van der Waals surface area contributed by atoms with E-state index in [4.69, 9.17) is 14.2 Å². The molecule has 1 unspecified atom stereocenters. The van der Waals surface area contributed by atoms with Crippen LogP contribution in [0.1, 0.15) is 18.9 Å². The maximum absolute atomic E-state index is 5.78. The van der Waals surface area contributed by atoms with Crippen LogP contribution in [-0.2, 0) is 6.42 Å². The van der Waals surface area contributed by atoms with Crippen molar-refractivity contribution in [1.29, 1.82) is 0 Å². The van der Waals surface area contributed by atoms with Gasteiger partial charge in [-0.2, -0.15) is 0 Å². The van der Waals surface area contributed by atoms with Crippen molar-refractivity contribution in [3.05, 3.63) is 54.1 Å². The second-order valence-electron chi connectivity index (χ2n) is 6.26. The Morgan fingerprint density at radius 3 is 1.92 bits per heavy atom. The summed E-state index contributed by atoms with van der Waals surface area (Å²) in [4.78, 5) is 2.38. The van der Waals surface area contributed by atoms with Crippen molar-refractivity contribution in [2.45, 2.75) is 25.8 Å². The van der Waals surface area contributed by atoms with Crippen LogP contribution in [0.4, 0.5) is 0 Å². The standard InChI is InChI=1S/C21H29NO3/c1-17(16-18-6-8-19(23-3)9-7-18)22(2)14-5-15-25-21-12-10-20(24-4)11-13-21/h6-13,17H,5,14-16H2,1-4H3. The summed E-state index contributed by atoms with van der Waals surface area (Å²) in [5.74, 6) is 2.63. The Morgan fingerprint density at radius 1 is 0.840 bits per heavy atom. The largest absolute Gasteiger partial charge is 0.497 e. The number of rotatable bonds is 10. The van der Waals surface area contributed by atoms with Gasteiger partial charge in [0.15, 0.2) is 0 Å². The van der Waals surface area contributed by atoms with Gasteiger partial charge in [-0.25, -0.2) is 0 Å². The summed E-state index contributed by atoms with van der Waals surface area (Å²) in [5, 5.41) is 0. The van der Waals surface area contributed by atoms with Crippen molar-refractivity contribution < 1.29 is 14.2 Å². The highest BCUT2D eigenvalue weighted by Gasteiger charge is 2.10. The first-order valence-electron chi connectivity index (χ1n) is 8.72. The summed E-state index contributed by atoms with van der Waals surface area (Å²) in [6.45, 7) is 3.98. The van der Waals surface area contributed by atoms with Crippen molar-refractivity contribution in [3.63, 3.8) is 0 Å². The predicted octanol–water partition coefficient (Wildman–Crippen LogP) is 4.04. The minimum absolute atomic E-state index is 0.481. The molecule has 0 saturated heterocycles. The number of benzene rings is 2. The highest BCUT2D eigenvalue weighted by Crippen LogP contribution is 2.17. The van der Waals surface area contributed by atoms with Crippen LogP contribution < -0.4 is 14.2 Å². The van der Waals surface area contributed by atoms with Gasteiger partial charge < -0.3 is 19.1 Å². The molecule has 1 atom stereocenters. The number of ether oxygens (including phenoxy) is 3. The van der Waals surface area contributed by atoms with E-state index in [2.05, 4.69) is 31.0 Å².